The van der Waals surface area contributed by atoms with Crippen molar-refractivity contribution in [2.24, 2.45) is 0 Å². The van der Waals surface area contributed by atoms with Crippen LogP contribution in [0.5, 0.6) is 5.75 Å². The summed E-state index contributed by atoms with van der Waals surface area (Å²) in [5, 5.41) is 13.0. The van der Waals surface area contributed by atoms with Gasteiger partial charge in [0.1, 0.15) is 17.6 Å². The number of aryl methyl sites for hydroxylation is 2. The van der Waals surface area contributed by atoms with E-state index < -0.39 is 6.04 Å². The lowest BCUT2D eigenvalue weighted by Gasteiger charge is -2.30. The predicted molar refractivity (Wildman–Crippen MR) is 165 cm³/mol. The second-order valence-corrected chi connectivity index (χ2v) is 11.4. The highest BCUT2D eigenvalue weighted by Crippen LogP contribution is 2.47. The fourth-order valence-electron chi connectivity index (χ4n) is 5.55. The number of amides is 2. The van der Waals surface area contributed by atoms with Gasteiger partial charge in [-0.15, -0.1) is 0 Å². The molecule has 1 aromatic heterocycles. The van der Waals surface area contributed by atoms with Gasteiger partial charge in [-0.2, -0.15) is 0 Å². The lowest BCUT2D eigenvalue weighted by molar-refractivity contribution is 0.0943. The highest BCUT2D eigenvalue weighted by molar-refractivity contribution is 6.31. The van der Waals surface area contributed by atoms with Gasteiger partial charge in [0.2, 0.25) is 0 Å². The molecular weight excluding hydrogens is 575 g/mol. The standard InChI is InChI=1S/C32H32Cl2N4O4/c1-17(2)37-29-27(36-30(37)24-15-20(7-11-26(24)42-5)31(40)35-12-13-39)32(41)38(25-16-22(34)8-6-18(25)3)28(29)23-10-9-21(33)14-19(23)4/h6-11,14-17,28,39H,12-13H2,1-5H3,(H,35,40)/t28-/m1/s1. The van der Waals surface area contributed by atoms with Crippen LogP contribution in [-0.4, -0.2) is 46.7 Å². The molecule has 10 heteroatoms. The number of rotatable bonds is 8. The maximum atomic E-state index is 14.4. The van der Waals surface area contributed by atoms with Gasteiger partial charge < -0.3 is 19.7 Å². The molecule has 2 amide bonds. The van der Waals surface area contributed by atoms with Crippen LogP contribution in [0.3, 0.4) is 0 Å². The number of fused-ring (bicyclic) bond motifs is 1. The number of carbonyl (C=O) groups excluding carboxylic acids is 2. The normalized spacial score (nSPS) is 14.5. The number of halogens is 2. The van der Waals surface area contributed by atoms with E-state index in [2.05, 4.69) is 5.32 Å². The Bertz CT molecular complexity index is 1700. The highest BCUT2D eigenvalue weighted by Gasteiger charge is 2.45. The van der Waals surface area contributed by atoms with Crippen molar-refractivity contribution >= 4 is 40.7 Å². The number of aliphatic hydroxyl groups is 1. The number of anilines is 1. The lowest BCUT2D eigenvalue weighted by atomic mass is 9.97. The van der Waals surface area contributed by atoms with E-state index in [1.807, 2.05) is 56.5 Å². The Morgan fingerprint density at radius 1 is 1.05 bits per heavy atom. The molecule has 0 unspecified atom stereocenters. The third-order valence-electron chi connectivity index (χ3n) is 7.46. The fourth-order valence-corrected chi connectivity index (χ4v) is 5.94. The average molecular weight is 608 g/mol. The Kier molecular flexibility index (Phi) is 8.32. The highest BCUT2D eigenvalue weighted by atomic mass is 35.5. The fraction of sp³-hybridized carbons (Fsp3) is 0.281. The molecule has 8 nitrogen and oxygen atoms in total. The molecule has 4 aromatic rings. The summed E-state index contributed by atoms with van der Waals surface area (Å²) < 4.78 is 7.73. The number of nitrogens with zero attached hydrogens (tertiary/aromatic N) is 3. The number of carbonyl (C=O) groups is 2. The van der Waals surface area contributed by atoms with Crippen LogP contribution in [0, 0.1) is 13.8 Å². The SMILES string of the molecule is COc1ccc(C(=O)NCCO)cc1-c1nc2c(n1C(C)C)[C@@H](c1ccc(Cl)cc1C)N(c1cc(Cl)ccc1C)C2=O. The first-order valence-electron chi connectivity index (χ1n) is 13.6. The first-order chi connectivity index (χ1) is 20.1. The van der Waals surface area contributed by atoms with Gasteiger partial charge in [-0.05, 0) is 86.8 Å². The van der Waals surface area contributed by atoms with Crippen molar-refractivity contribution in [1.82, 2.24) is 14.9 Å². The smallest absolute Gasteiger partial charge is 0.279 e. The molecule has 3 aromatic carbocycles. The van der Waals surface area contributed by atoms with E-state index in [0.29, 0.717) is 44.1 Å². The molecule has 0 radical (unpaired) electrons. The Hall–Kier alpha value is -3.85. The number of aliphatic hydroxyl groups excluding tert-OH is 1. The number of hydrogen-bond donors (Lipinski definition) is 2. The molecule has 42 heavy (non-hydrogen) atoms. The predicted octanol–water partition coefficient (Wildman–Crippen LogP) is 6.54. The van der Waals surface area contributed by atoms with E-state index in [9.17, 15) is 9.59 Å². The molecule has 0 bridgehead atoms. The molecule has 2 N–H and O–H groups in total. The van der Waals surface area contributed by atoms with Crippen molar-refractivity contribution in [3.8, 4) is 17.1 Å². The summed E-state index contributed by atoms with van der Waals surface area (Å²) in [6.45, 7) is 7.93. The minimum atomic E-state index is -0.521. The van der Waals surface area contributed by atoms with Crippen LogP contribution in [0.1, 0.15) is 69.2 Å². The van der Waals surface area contributed by atoms with Gasteiger partial charge in [-0.3, -0.25) is 14.5 Å². The average Bonchev–Trinajstić information content (AvgIpc) is 3.48. The van der Waals surface area contributed by atoms with E-state index in [0.717, 1.165) is 22.4 Å². The van der Waals surface area contributed by atoms with Crippen LogP contribution in [-0.2, 0) is 0 Å². The summed E-state index contributed by atoms with van der Waals surface area (Å²) in [4.78, 5) is 33.8. The van der Waals surface area contributed by atoms with Gasteiger partial charge in [0.25, 0.3) is 11.8 Å². The van der Waals surface area contributed by atoms with Crippen molar-refractivity contribution < 1.29 is 19.4 Å². The van der Waals surface area contributed by atoms with E-state index in [1.54, 1.807) is 42.3 Å². The maximum absolute atomic E-state index is 14.4. The summed E-state index contributed by atoms with van der Waals surface area (Å²) in [5.74, 6) is 0.423. The summed E-state index contributed by atoms with van der Waals surface area (Å²) in [5.41, 5.74) is 5.42. The molecule has 1 atom stereocenters. The topological polar surface area (TPSA) is 96.7 Å². The van der Waals surface area contributed by atoms with Crippen LogP contribution in [0.2, 0.25) is 10.0 Å². The van der Waals surface area contributed by atoms with Gasteiger partial charge in [-0.25, -0.2) is 4.98 Å². The number of hydrogen-bond acceptors (Lipinski definition) is 5. The summed E-state index contributed by atoms with van der Waals surface area (Å²) >= 11 is 12.8. The zero-order valence-corrected chi connectivity index (χ0v) is 25.5. The van der Waals surface area contributed by atoms with Crippen LogP contribution in [0.25, 0.3) is 11.4 Å². The van der Waals surface area contributed by atoms with Crippen molar-refractivity contribution in [3.63, 3.8) is 0 Å². The second-order valence-electron chi connectivity index (χ2n) is 10.5. The Balaban J connectivity index is 1.78. The van der Waals surface area contributed by atoms with Crippen molar-refractivity contribution in [2.45, 2.75) is 39.8 Å². The monoisotopic (exact) mass is 606 g/mol. The van der Waals surface area contributed by atoms with Crippen LogP contribution in [0.4, 0.5) is 5.69 Å². The van der Waals surface area contributed by atoms with Gasteiger partial charge in [-0.1, -0.05) is 35.3 Å². The summed E-state index contributed by atoms with van der Waals surface area (Å²) in [6.07, 6.45) is 0. The van der Waals surface area contributed by atoms with Gasteiger partial charge in [0.05, 0.1) is 25.0 Å². The molecule has 0 aliphatic carbocycles. The van der Waals surface area contributed by atoms with Crippen LogP contribution < -0.4 is 15.0 Å². The number of benzene rings is 3. The molecule has 0 fully saturated rings. The third kappa shape index (κ3) is 5.15. The molecule has 5 rings (SSSR count). The molecule has 0 saturated carbocycles. The largest absolute Gasteiger partial charge is 0.496 e. The lowest BCUT2D eigenvalue weighted by Crippen LogP contribution is -2.31. The van der Waals surface area contributed by atoms with E-state index >= 15 is 0 Å². The number of imidazole rings is 1. The van der Waals surface area contributed by atoms with Crippen molar-refractivity contribution in [3.05, 3.63) is 98.3 Å². The number of ether oxygens (including phenoxy) is 1. The maximum Gasteiger partial charge on any atom is 0.279 e. The Labute approximate surface area is 254 Å². The molecule has 2 heterocycles. The molecule has 0 spiro atoms. The van der Waals surface area contributed by atoms with Crippen LogP contribution in [0.15, 0.2) is 54.6 Å². The third-order valence-corrected chi connectivity index (χ3v) is 7.93. The van der Waals surface area contributed by atoms with Gasteiger partial charge >= 0.3 is 0 Å². The molecule has 218 valence electrons. The minimum absolute atomic E-state index is 0.115. The van der Waals surface area contributed by atoms with Crippen molar-refractivity contribution in [1.29, 1.82) is 0 Å². The second kappa shape index (κ2) is 11.8. The quantitative estimate of drug-likeness (QED) is 0.237. The van der Waals surface area contributed by atoms with E-state index in [-0.39, 0.29) is 31.0 Å². The minimum Gasteiger partial charge on any atom is -0.496 e. The van der Waals surface area contributed by atoms with E-state index in [1.165, 1.54) is 0 Å². The van der Waals surface area contributed by atoms with E-state index in [4.69, 9.17) is 38.0 Å². The molecule has 1 aliphatic heterocycles. The number of nitrogens with one attached hydrogen (secondary N) is 1. The molecule has 1 aliphatic rings. The summed E-state index contributed by atoms with van der Waals surface area (Å²) in [6, 6.07) is 15.6. The first kappa shape index (κ1) is 29.6. The van der Waals surface area contributed by atoms with Gasteiger partial charge in [0, 0.05) is 33.9 Å². The van der Waals surface area contributed by atoms with Gasteiger partial charge in [0.15, 0.2) is 5.69 Å². The summed E-state index contributed by atoms with van der Waals surface area (Å²) in [7, 11) is 1.55. The Morgan fingerprint density at radius 2 is 1.76 bits per heavy atom. The Morgan fingerprint density at radius 3 is 2.43 bits per heavy atom. The number of methoxy groups -OCH3 is 1. The zero-order chi connectivity index (χ0) is 30.3. The van der Waals surface area contributed by atoms with Crippen molar-refractivity contribution in [2.75, 3.05) is 25.2 Å². The first-order valence-corrected chi connectivity index (χ1v) is 14.4. The van der Waals surface area contributed by atoms with Crippen LogP contribution >= 0.6 is 23.2 Å². The molecule has 0 saturated heterocycles. The molecular formula is C32H32Cl2N4O4. The number of aromatic nitrogens is 2. The zero-order valence-electron chi connectivity index (χ0n) is 24.0.